The normalized spacial score (nSPS) is 24.6. The average Bonchev–Trinajstić information content (AvgIpc) is 2.37. The van der Waals surface area contributed by atoms with E-state index in [-0.39, 0.29) is 0 Å². The zero-order chi connectivity index (χ0) is 12.1. The van der Waals surface area contributed by atoms with Gasteiger partial charge in [0.2, 0.25) is 0 Å². The Morgan fingerprint density at radius 1 is 1.35 bits per heavy atom. The SMILES string of the molecule is CNC1CCCC(CNc2cccc(Br)c2)C1. The standard InChI is InChI=1S/C14H21BrN2/c1-16-13-6-2-4-11(8-13)10-17-14-7-3-5-12(15)9-14/h3,5,7,9,11,13,16-17H,2,4,6,8,10H2,1H3. The fourth-order valence-corrected chi connectivity index (χ4v) is 3.00. The minimum atomic E-state index is 0.720. The van der Waals surface area contributed by atoms with Crippen LogP contribution in [0.4, 0.5) is 5.69 Å². The van der Waals surface area contributed by atoms with Crippen LogP contribution in [0.1, 0.15) is 25.7 Å². The molecule has 1 aliphatic rings. The molecule has 2 rings (SSSR count). The fourth-order valence-electron chi connectivity index (χ4n) is 2.60. The lowest BCUT2D eigenvalue weighted by Gasteiger charge is -2.29. The van der Waals surface area contributed by atoms with E-state index in [9.17, 15) is 0 Å². The first-order chi connectivity index (χ1) is 8.28. The third-order valence-electron chi connectivity index (χ3n) is 3.61. The third-order valence-corrected chi connectivity index (χ3v) is 4.10. The van der Waals surface area contributed by atoms with Crippen LogP contribution in [0.3, 0.4) is 0 Å². The van der Waals surface area contributed by atoms with Crippen molar-refractivity contribution in [3.05, 3.63) is 28.7 Å². The van der Waals surface area contributed by atoms with E-state index >= 15 is 0 Å². The van der Waals surface area contributed by atoms with Gasteiger partial charge in [-0.3, -0.25) is 0 Å². The van der Waals surface area contributed by atoms with Crippen LogP contribution in [0.2, 0.25) is 0 Å². The molecule has 94 valence electrons. The summed E-state index contributed by atoms with van der Waals surface area (Å²) in [5.41, 5.74) is 1.21. The van der Waals surface area contributed by atoms with Gasteiger partial charge in [0, 0.05) is 22.7 Å². The number of anilines is 1. The maximum absolute atomic E-state index is 3.54. The van der Waals surface area contributed by atoms with E-state index < -0.39 is 0 Å². The van der Waals surface area contributed by atoms with Crippen molar-refractivity contribution >= 4 is 21.6 Å². The van der Waals surface area contributed by atoms with Crippen molar-refractivity contribution in [3.8, 4) is 0 Å². The summed E-state index contributed by atoms with van der Waals surface area (Å²) >= 11 is 3.50. The third kappa shape index (κ3) is 4.00. The zero-order valence-electron chi connectivity index (χ0n) is 10.4. The van der Waals surface area contributed by atoms with Crippen LogP contribution in [-0.2, 0) is 0 Å². The fraction of sp³-hybridized carbons (Fsp3) is 0.571. The average molecular weight is 297 g/mol. The molecule has 17 heavy (non-hydrogen) atoms. The van der Waals surface area contributed by atoms with Crippen LogP contribution in [0.15, 0.2) is 28.7 Å². The number of hydrogen-bond donors (Lipinski definition) is 2. The highest BCUT2D eigenvalue weighted by molar-refractivity contribution is 9.10. The Hall–Kier alpha value is -0.540. The van der Waals surface area contributed by atoms with Gasteiger partial charge < -0.3 is 10.6 Å². The Balaban J connectivity index is 1.81. The summed E-state index contributed by atoms with van der Waals surface area (Å²) in [7, 11) is 2.08. The van der Waals surface area contributed by atoms with Gasteiger partial charge >= 0.3 is 0 Å². The van der Waals surface area contributed by atoms with Gasteiger partial charge in [0.05, 0.1) is 0 Å². The number of hydrogen-bond acceptors (Lipinski definition) is 2. The van der Waals surface area contributed by atoms with Crippen molar-refractivity contribution < 1.29 is 0 Å². The maximum atomic E-state index is 3.54. The van der Waals surface area contributed by atoms with E-state index in [0.717, 1.165) is 23.0 Å². The lowest BCUT2D eigenvalue weighted by Crippen LogP contribution is -2.33. The Morgan fingerprint density at radius 2 is 2.24 bits per heavy atom. The summed E-state index contributed by atoms with van der Waals surface area (Å²) in [4.78, 5) is 0. The highest BCUT2D eigenvalue weighted by Gasteiger charge is 2.20. The summed E-state index contributed by atoms with van der Waals surface area (Å²) in [6.45, 7) is 1.09. The number of benzene rings is 1. The maximum Gasteiger partial charge on any atom is 0.0351 e. The molecular formula is C14H21BrN2. The Morgan fingerprint density at radius 3 is 3.00 bits per heavy atom. The zero-order valence-corrected chi connectivity index (χ0v) is 12.0. The van der Waals surface area contributed by atoms with E-state index in [1.165, 1.54) is 31.4 Å². The van der Waals surface area contributed by atoms with Gasteiger partial charge in [0.15, 0.2) is 0 Å². The van der Waals surface area contributed by atoms with E-state index in [1.54, 1.807) is 0 Å². The molecule has 1 aromatic carbocycles. The molecule has 1 fully saturated rings. The molecule has 0 bridgehead atoms. The van der Waals surface area contributed by atoms with Crippen LogP contribution >= 0.6 is 15.9 Å². The van der Waals surface area contributed by atoms with Crippen molar-refractivity contribution in [2.45, 2.75) is 31.7 Å². The van der Waals surface area contributed by atoms with Crippen LogP contribution in [0, 0.1) is 5.92 Å². The quantitative estimate of drug-likeness (QED) is 0.886. The minimum absolute atomic E-state index is 0.720. The summed E-state index contributed by atoms with van der Waals surface area (Å²) in [6, 6.07) is 9.12. The Kier molecular flexibility index (Phi) is 4.86. The topological polar surface area (TPSA) is 24.1 Å². The van der Waals surface area contributed by atoms with E-state index in [1.807, 2.05) is 0 Å². The summed E-state index contributed by atoms with van der Waals surface area (Å²) in [5.74, 6) is 0.806. The van der Waals surface area contributed by atoms with Gasteiger partial charge in [-0.2, -0.15) is 0 Å². The molecule has 1 aromatic rings. The van der Waals surface area contributed by atoms with Gasteiger partial charge in [-0.05, 0) is 50.4 Å². The predicted octanol–water partition coefficient (Wildman–Crippen LogP) is 3.64. The molecule has 2 N–H and O–H groups in total. The molecular weight excluding hydrogens is 276 g/mol. The van der Waals surface area contributed by atoms with Crippen molar-refractivity contribution in [1.29, 1.82) is 0 Å². The van der Waals surface area contributed by atoms with Gasteiger partial charge in [-0.25, -0.2) is 0 Å². The number of nitrogens with one attached hydrogen (secondary N) is 2. The first-order valence-corrected chi connectivity index (χ1v) is 7.24. The Bertz CT molecular complexity index is 354. The molecule has 1 saturated carbocycles. The molecule has 2 atom stereocenters. The summed E-state index contributed by atoms with van der Waals surface area (Å²) < 4.78 is 1.14. The molecule has 2 unspecified atom stereocenters. The first kappa shape index (κ1) is 12.9. The smallest absolute Gasteiger partial charge is 0.0351 e. The van der Waals surface area contributed by atoms with E-state index in [0.29, 0.717) is 0 Å². The van der Waals surface area contributed by atoms with Crippen LogP contribution in [0.5, 0.6) is 0 Å². The predicted molar refractivity (Wildman–Crippen MR) is 77.4 cm³/mol. The first-order valence-electron chi connectivity index (χ1n) is 6.44. The highest BCUT2D eigenvalue weighted by atomic mass is 79.9. The van der Waals surface area contributed by atoms with Crippen LogP contribution in [-0.4, -0.2) is 19.6 Å². The largest absolute Gasteiger partial charge is 0.385 e. The lowest BCUT2D eigenvalue weighted by atomic mass is 9.86. The van der Waals surface area contributed by atoms with Gasteiger partial charge in [-0.1, -0.05) is 28.4 Å². The molecule has 0 amide bonds. The number of halogens is 1. The van der Waals surface area contributed by atoms with Crippen LogP contribution in [0.25, 0.3) is 0 Å². The summed E-state index contributed by atoms with van der Waals surface area (Å²) in [6.07, 6.45) is 5.36. The molecule has 3 heteroatoms. The summed E-state index contributed by atoms with van der Waals surface area (Å²) in [5, 5.41) is 6.95. The molecule has 1 aliphatic carbocycles. The lowest BCUT2D eigenvalue weighted by molar-refractivity contribution is 0.306. The van der Waals surface area contributed by atoms with Crippen molar-refractivity contribution in [2.24, 2.45) is 5.92 Å². The van der Waals surface area contributed by atoms with E-state index in [2.05, 4.69) is 57.9 Å². The van der Waals surface area contributed by atoms with Gasteiger partial charge in [0.25, 0.3) is 0 Å². The molecule has 0 radical (unpaired) electrons. The molecule has 0 heterocycles. The van der Waals surface area contributed by atoms with E-state index in [4.69, 9.17) is 0 Å². The molecule has 0 spiro atoms. The molecule has 2 nitrogen and oxygen atoms in total. The van der Waals surface area contributed by atoms with Crippen molar-refractivity contribution in [2.75, 3.05) is 18.9 Å². The van der Waals surface area contributed by atoms with Gasteiger partial charge in [0.1, 0.15) is 0 Å². The van der Waals surface area contributed by atoms with Gasteiger partial charge in [-0.15, -0.1) is 0 Å². The minimum Gasteiger partial charge on any atom is -0.385 e. The number of rotatable bonds is 4. The Labute approximate surface area is 112 Å². The monoisotopic (exact) mass is 296 g/mol. The second-order valence-corrected chi connectivity index (χ2v) is 5.83. The molecule has 0 aromatic heterocycles. The molecule has 0 aliphatic heterocycles. The molecule has 0 saturated heterocycles. The van der Waals surface area contributed by atoms with Crippen molar-refractivity contribution in [1.82, 2.24) is 5.32 Å². The second-order valence-electron chi connectivity index (χ2n) is 4.91. The highest BCUT2D eigenvalue weighted by Crippen LogP contribution is 2.25. The van der Waals surface area contributed by atoms with Crippen molar-refractivity contribution in [3.63, 3.8) is 0 Å². The van der Waals surface area contributed by atoms with Crippen LogP contribution < -0.4 is 10.6 Å². The second kappa shape index (κ2) is 6.41.